The number of ether oxygens (including phenoxy) is 2. The topological polar surface area (TPSA) is 34.1 Å². The molecular formula is C26H30N2O2. The lowest BCUT2D eigenvalue weighted by molar-refractivity contribution is 0.301. The third-order valence-electron chi connectivity index (χ3n) is 4.49. The van der Waals surface area contributed by atoms with Gasteiger partial charge in [0.05, 0.1) is 31.7 Å². The zero-order valence-electron chi connectivity index (χ0n) is 17.8. The third-order valence-corrected chi connectivity index (χ3v) is 4.49. The fourth-order valence-electron chi connectivity index (χ4n) is 2.96. The van der Waals surface area contributed by atoms with E-state index in [-0.39, 0.29) is 0 Å². The van der Waals surface area contributed by atoms with Crippen molar-refractivity contribution in [1.82, 2.24) is 0 Å². The van der Waals surface area contributed by atoms with Crippen LogP contribution in [0, 0.1) is 0 Å². The van der Waals surface area contributed by atoms with Crippen LogP contribution in [0.3, 0.4) is 0 Å². The van der Waals surface area contributed by atoms with Gasteiger partial charge in [-0.05, 0) is 42.7 Å². The largest absolute Gasteiger partial charge is 0.493 e. The van der Waals surface area contributed by atoms with Gasteiger partial charge in [0, 0.05) is 11.6 Å². The molecule has 3 aromatic rings. The second-order valence-electron chi connectivity index (χ2n) is 7.02. The Morgan fingerprint density at radius 3 is 2.17 bits per heavy atom. The SMILES string of the molecule is CCCOc1ccc(C=NN(Cc2ccccc2)c2ccccc2)c(OCCC)c1. The minimum Gasteiger partial charge on any atom is -0.493 e. The van der Waals surface area contributed by atoms with Gasteiger partial charge in [-0.2, -0.15) is 5.10 Å². The van der Waals surface area contributed by atoms with Gasteiger partial charge >= 0.3 is 0 Å². The first-order valence-corrected chi connectivity index (χ1v) is 10.6. The van der Waals surface area contributed by atoms with Crippen LogP contribution in [0.1, 0.15) is 37.8 Å². The molecule has 0 radical (unpaired) electrons. The third kappa shape index (κ3) is 6.38. The molecule has 0 saturated carbocycles. The summed E-state index contributed by atoms with van der Waals surface area (Å²) >= 11 is 0. The summed E-state index contributed by atoms with van der Waals surface area (Å²) in [5.41, 5.74) is 3.17. The Kier molecular flexibility index (Phi) is 8.34. The van der Waals surface area contributed by atoms with Crippen molar-refractivity contribution in [1.29, 1.82) is 0 Å². The number of para-hydroxylation sites is 1. The molecule has 156 valence electrons. The highest BCUT2D eigenvalue weighted by Gasteiger charge is 2.08. The monoisotopic (exact) mass is 402 g/mol. The summed E-state index contributed by atoms with van der Waals surface area (Å²) in [7, 11) is 0. The Morgan fingerprint density at radius 1 is 0.800 bits per heavy atom. The molecule has 30 heavy (non-hydrogen) atoms. The molecule has 0 amide bonds. The van der Waals surface area contributed by atoms with Crippen molar-refractivity contribution in [3.63, 3.8) is 0 Å². The van der Waals surface area contributed by atoms with E-state index in [1.165, 1.54) is 5.56 Å². The molecule has 0 spiro atoms. The van der Waals surface area contributed by atoms with Gasteiger partial charge < -0.3 is 9.47 Å². The van der Waals surface area contributed by atoms with E-state index in [0.717, 1.165) is 35.6 Å². The number of nitrogens with zero attached hydrogens (tertiary/aromatic N) is 2. The first-order valence-electron chi connectivity index (χ1n) is 10.6. The predicted molar refractivity (Wildman–Crippen MR) is 125 cm³/mol. The van der Waals surface area contributed by atoms with Crippen LogP contribution in [-0.2, 0) is 6.54 Å². The van der Waals surface area contributed by atoms with Gasteiger partial charge in [0.1, 0.15) is 11.5 Å². The summed E-state index contributed by atoms with van der Waals surface area (Å²) in [6.07, 6.45) is 3.78. The smallest absolute Gasteiger partial charge is 0.131 e. The highest BCUT2D eigenvalue weighted by atomic mass is 16.5. The number of rotatable bonds is 11. The number of hydrogen-bond donors (Lipinski definition) is 0. The Labute approximate surface area is 179 Å². The zero-order valence-corrected chi connectivity index (χ0v) is 17.8. The van der Waals surface area contributed by atoms with Gasteiger partial charge in [-0.3, -0.25) is 5.01 Å². The van der Waals surface area contributed by atoms with Crippen molar-refractivity contribution in [3.8, 4) is 11.5 Å². The molecule has 4 heteroatoms. The van der Waals surface area contributed by atoms with Gasteiger partial charge in [-0.1, -0.05) is 62.4 Å². The number of benzene rings is 3. The molecule has 0 heterocycles. The van der Waals surface area contributed by atoms with Crippen LogP contribution in [0.15, 0.2) is 84.0 Å². The molecule has 0 bridgehead atoms. The van der Waals surface area contributed by atoms with Crippen molar-refractivity contribution in [2.45, 2.75) is 33.2 Å². The standard InChI is InChI=1S/C26H30N2O2/c1-3-17-29-25-16-15-23(26(19-25)30-18-4-2)20-27-28(24-13-9-6-10-14-24)21-22-11-7-5-8-12-22/h5-16,19-20H,3-4,17-18,21H2,1-2H3. The average Bonchev–Trinajstić information content (AvgIpc) is 2.80. The van der Waals surface area contributed by atoms with Crippen LogP contribution in [0.2, 0.25) is 0 Å². The molecule has 0 aliphatic heterocycles. The summed E-state index contributed by atoms with van der Waals surface area (Å²) in [5.74, 6) is 1.62. The highest BCUT2D eigenvalue weighted by molar-refractivity contribution is 5.84. The first kappa shape index (κ1) is 21.4. The second kappa shape index (κ2) is 11.7. The molecule has 0 aliphatic rings. The maximum Gasteiger partial charge on any atom is 0.131 e. The Bertz CT molecular complexity index is 911. The molecule has 0 fully saturated rings. The van der Waals surface area contributed by atoms with E-state index in [0.29, 0.717) is 19.8 Å². The van der Waals surface area contributed by atoms with E-state index in [2.05, 4.69) is 38.1 Å². The zero-order chi connectivity index (χ0) is 21.0. The maximum atomic E-state index is 5.97. The van der Waals surface area contributed by atoms with Crippen LogP contribution >= 0.6 is 0 Å². The molecule has 3 aromatic carbocycles. The Morgan fingerprint density at radius 2 is 1.47 bits per heavy atom. The molecule has 0 aromatic heterocycles. The summed E-state index contributed by atoms with van der Waals surface area (Å²) in [6.45, 7) is 6.23. The van der Waals surface area contributed by atoms with Crippen molar-refractivity contribution < 1.29 is 9.47 Å². The quantitative estimate of drug-likeness (QED) is 0.279. The molecular weight excluding hydrogens is 372 g/mol. The summed E-state index contributed by atoms with van der Waals surface area (Å²) in [4.78, 5) is 0. The summed E-state index contributed by atoms with van der Waals surface area (Å²) in [5, 5.41) is 6.81. The van der Waals surface area contributed by atoms with E-state index in [1.54, 1.807) is 0 Å². The van der Waals surface area contributed by atoms with Gasteiger partial charge in [0.15, 0.2) is 0 Å². The molecule has 0 unspecified atom stereocenters. The van der Waals surface area contributed by atoms with Gasteiger partial charge in [-0.25, -0.2) is 0 Å². The van der Waals surface area contributed by atoms with E-state index >= 15 is 0 Å². The highest BCUT2D eigenvalue weighted by Crippen LogP contribution is 2.25. The van der Waals surface area contributed by atoms with Crippen LogP contribution in [-0.4, -0.2) is 19.4 Å². The van der Waals surface area contributed by atoms with Crippen molar-refractivity contribution in [2.75, 3.05) is 18.2 Å². The lowest BCUT2D eigenvalue weighted by Crippen LogP contribution is -2.16. The minimum atomic E-state index is 0.657. The minimum absolute atomic E-state index is 0.657. The van der Waals surface area contributed by atoms with Crippen LogP contribution < -0.4 is 14.5 Å². The average molecular weight is 403 g/mol. The number of hydrogen-bond acceptors (Lipinski definition) is 4. The number of anilines is 1. The first-order chi connectivity index (χ1) is 14.8. The molecule has 0 saturated heterocycles. The summed E-state index contributed by atoms with van der Waals surface area (Å²) in [6, 6.07) is 26.5. The second-order valence-corrected chi connectivity index (χ2v) is 7.02. The fourth-order valence-corrected chi connectivity index (χ4v) is 2.96. The Hall–Kier alpha value is -3.27. The number of hydrazone groups is 1. The van der Waals surface area contributed by atoms with E-state index in [1.807, 2.05) is 65.8 Å². The van der Waals surface area contributed by atoms with Crippen LogP contribution in [0.5, 0.6) is 11.5 Å². The van der Waals surface area contributed by atoms with E-state index in [9.17, 15) is 0 Å². The van der Waals surface area contributed by atoms with E-state index < -0.39 is 0 Å². The van der Waals surface area contributed by atoms with Crippen molar-refractivity contribution in [3.05, 3.63) is 90.0 Å². The molecule has 0 aliphatic carbocycles. The fraction of sp³-hybridized carbons (Fsp3) is 0.269. The Balaban J connectivity index is 1.86. The van der Waals surface area contributed by atoms with Gasteiger partial charge in [-0.15, -0.1) is 0 Å². The van der Waals surface area contributed by atoms with Crippen molar-refractivity contribution >= 4 is 11.9 Å². The molecule has 0 atom stereocenters. The maximum absolute atomic E-state index is 5.97. The van der Waals surface area contributed by atoms with E-state index in [4.69, 9.17) is 14.6 Å². The normalized spacial score (nSPS) is 10.9. The van der Waals surface area contributed by atoms with Crippen LogP contribution in [0.4, 0.5) is 5.69 Å². The predicted octanol–water partition coefficient (Wildman–Crippen LogP) is 6.30. The molecule has 4 nitrogen and oxygen atoms in total. The van der Waals surface area contributed by atoms with Crippen molar-refractivity contribution in [2.24, 2.45) is 5.10 Å². The van der Waals surface area contributed by atoms with Crippen LogP contribution in [0.25, 0.3) is 0 Å². The van der Waals surface area contributed by atoms with Gasteiger partial charge in [0.2, 0.25) is 0 Å². The van der Waals surface area contributed by atoms with Gasteiger partial charge in [0.25, 0.3) is 0 Å². The molecule has 0 N–H and O–H groups in total. The lowest BCUT2D eigenvalue weighted by Gasteiger charge is -2.19. The molecule has 3 rings (SSSR count). The summed E-state index contributed by atoms with van der Waals surface area (Å²) < 4.78 is 11.7. The lowest BCUT2D eigenvalue weighted by atomic mass is 10.2.